The molecule has 184 valence electrons. The smallest absolute Gasteiger partial charge is 0.184 e. The highest BCUT2D eigenvalue weighted by Crippen LogP contribution is 2.34. The average molecular weight is 513 g/mol. The number of nitrogens with one attached hydrogen (secondary N) is 2. The monoisotopic (exact) mass is 512 g/mol. The number of anilines is 3. The summed E-state index contributed by atoms with van der Waals surface area (Å²) in [6.45, 7) is 5.66. The second-order valence-corrected chi connectivity index (χ2v) is 10.2. The van der Waals surface area contributed by atoms with Crippen molar-refractivity contribution in [3.05, 3.63) is 46.6 Å². The number of benzene rings is 1. The standard InChI is InChI=1S/C24H29ClN8OS/c1-15-14-35-24(27-15)28-19(34)13-32-8-10-33(11-9-32)21-18(25)12-26-23-20(21)29-22(30-23)16-4-6-17(7-5-16)31(2)3/h4-7,12,14,19,34H,8-11,13H2,1-3H3,(H,27,28)(H,26,29,30). The summed E-state index contributed by atoms with van der Waals surface area (Å²) in [6.07, 6.45) is 1.01. The second kappa shape index (κ2) is 9.98. The van der Waals surface area contributed by atoms with Gasteiger partial charge in [-0.3, -0.25) is 4.90 Å². The van der Waals surface area contributed by atoms with Gasteiger partial charge in [0.25, 0.3) is 0 Å². The summed E-state index contributed by atoms with van der Waals surface area (Å²) in [5.74, 6) is 0.770. The zero-order valence-corrected chi connectivity index (χ0v) is 21.6. The fraction of sp³-hybridized carbons (Fsp3) is 0.375. The van der Waals surface area contributed by atoms with Gasteiger partial charge in [-0.15, -0.1) is 11.3 Å². The van der Waals surface area contributed by atoms with Gasteiger partial charge in [-0.2, -0.15) is 0 Å². The average Bonchev–Trinajstić information content (AvgIpc) is 3.45. The molecule has 35 heavy (non-hydrogen) atoms. The van der Waals surface area contributed by atoms with Crippen LogP contribution in [-0.4, -0.2) is 83.0 Å². The van der Waals surface area contributed by atoms with E-state index in [4.69, 9.17) is 16.6 Å². The van der Waals surface area contributed by atoms with Gasteiger partial charge in [-0.05, 0) is 31.2 Å². The van der Waals surface area contributed by atoms with E-state index in [1.165, 1.54) is 11.3 Å². The first-order chi connectivity index (χ1) is 16.9. The van der Waals surface area contributed by atoms with Crippen LogP contribution in [-0.2, 0) is 0 Å². The Hall–Kier alpha value is -2.92. The molecule has 0 saturated carbocycles. The minimum Gasteiger partial charge on any atom is -0.378 e. The Kier molecular flexibility index (Phi) is 6.79. The lowest BCUT2D eigenvalue weighted by Gasteiger charge is -2.37. The number of hydrogen-bond acceptors (Lipinski definition) is 9. The van der Waals surface area contributed by atoms with Gasteiger partial charge in [-0.25, -0.2) is 15.0 Å². The Balaban J connectivity index is 1.28. The molecule has 1 saturated heterocycles. The number of H-pyrrole nitrogens is 1. The summed E-state index contributed by atoms with van der Waals surface area (Å²) in [5, 5.41) is 16.8. The van der Waals surface area contributed by atoms with Crippen molar-refractivity contribution in [2.45, 2.75) is 13.2 Å². The van der Waals surface area contributed by atoms with Crippen LogP contribution < -0.4 is 15.1 Å². The maximum Gasteiger partial charge on any atom is 0.184 e. The van der Waals surface area contributed by atoms with Crippen LogP contribution in [0.1, 0.15) is 5.69 Å². The quantitative estimate of drug-likeness (QED) is 0.323. The Morgan fingerprint density at radius 3 is 2.57 bits per heavy atom. The summed E-state index contributed by atoms with van der Waals surface area (Å²) >= 11 is 8.13. The highest BCUT2D eigenvalue weighted by atomic mass is 35.5. The van der Waals surface area contributed by atoms with Crippen LogP contribution in [0.25, 0.3) is 22.6 Å². The normalized spacial score (nSPS) is 15.5. The van der Waals surface area contributed by atoms with E-state index in [-0.39, 0.29) is 0 Å². The van der Waals surface area contributed by atoms with Crippen LogP contribution in [0, 0.1) is 6.92 Å². The summed E-state index contributed by atoms with van der Waals surface area (Å²) in [7, 11) is 4.04. The summed E-state index contributed by atoms with van der Waals surface area (Å²) < 4.78 is 0. The third-order valence-corrected chi connectivity index (χ3v) is 7.30. The lowest BCUT2D eigenvalue weighted by Crippen LogP contribution is -2.49. The molecule has 4 heterocycles. The number of rotatable bonds is 7. The fourth-order valence-electron chi connectivity index (χ4n) is 4.29. The first-order valence-corrected chi connectivity index (χ1v) is 12.8. The number of β-amino-alcohol motifs (C(OH)–C–C–N with tert-alkyl or cyclic N) is 1. The van der Waals surface area contributed by atoms with E-state index in [0.717, 1.165) is 65.3 Å². The molecule has 0 aliphatic carbocycles. The number of halogens is 1. The van der Waals surface area contributed by atoms with Crippen LogP contribution in [0.5, 0.6) is 0 Å². The molecule has 1 aliphatic heterocycles. The number of imidazole rings is 1. The van der Waals surface area contributed by atoms with Gasteiger partial charge in [-0.1, -0.05) is 11.6 Å². The minimum atomic E-state index is -0.669. The van der Waals surface area contributed by atoms with Crippen molar-refractivity contribution in [3.8, 4) is 11.4 Å². The van der Waals surface area contributed by atoms with E-state index in [9.17, 15) is 5.11 Å². The molecule has 1 unspecified atom stereocenters. The minimum absolute atomic E-state index is 0.531. The number of aliphatic hydroxyl groups is 1. The van der Waals surface area contributed by atoms with Crippen LogP contribution in [0.3, 0.4) is 0 Å². The molecule has 0 spiro atoms. The van der Waals surface area contributed by atoms with Crippen molar-refractivity contribution in [1.82, 2.24) is 24.8 Å². The first kappa shape index (κ1) is 23.8. The molecular formula is C24H29ClN8OS. The van der Waals surface area contributed by atoms with Gasteiger partial charge in [0.1, 0.15) is 17.6 Å². The number of aliphatic hydroxyl groups excluding tert-OH is 1. The largest absolute Gasteiger partial charge is 0.378 e. The number of piperazine rings is 1. The van der Waals surface area contributed by atoms with Crippen LogP contribution in [0.15, 0.2) is 35.8 Å². The van der Waals surface area contributed by atoms with Gasteiger partial charge in [0, 0.05) is 63.5 Å². The van der Waals surface area contributed by atoms with Gasteiger partial charge in [0.15, 0.2) is 10.8 Å². The molecule has 0 radical (unpaired) electrons. The molecule has 11 heteroatoms. The third kappa shape index (κ3) is 5.20. The molecule has 1 atom stereocenters. The van der Waals surface area contributed by atoms with E-state index >= 15 is 0 Å². The number of aromatic nitrogens is 4. The van der Waals surface area contributed by atoms with Gasteiger partial charge < -0.3 is 25.2 Å². The molecule has 4 aromatic rings. The third-order valence-electron chi connectivity index (χ3n) is 6.13. The van der Waals surface area contributed by atoms with Crippen LogP contribution in [0.2, 0.25) is 5.02 Å². The van der Waals surface area contributed by atoms with Gasteiger partial charge >= 0.3 is 0 Å². The number of aryl methyl sites for hydroxylation is 1. The summed E-state index contributed by atoms with van der Waals surface area (Å²) in [4.78, 5) is 23.6. The van der Waals surface area contributed by atoms with Crippen molar-refractivity contribution in [2.24, 2.45) is 0 Å². The molecule has 9 nitrogen and oxygen atoms in total. The molecular weight excluding hydrogens is 484 g/mol. The Bertz CT molecular complexity index is 1300. The van der Waals surface area contributed by atoms with Crippen molar-refractivity contribution < 1.29 is 5.11 Å². The van der Waals surface area contributed by atoms with E-state index in [0.29, 0.717) is 17.2 Å². The zero-order valence-electron chi connectivity index (χ0n) is 20.0. The zero-order chi connectivity index (χ0) is 24.5. The number of hydrogen-bond donors (Lipinski definition) is 3. The van der Waals surface area contributed by atoms with Crippen molar-refractivity contribution in [2.75, 3.05) is 61.9 Å². The molecule has 0 bridgehead atoms. The van der Waals surface area contributed by atoms with E-state index < -0.39 is 6.23 Å². The SMILES string of the molecule is Cc1csc(NC(O)CN2CCN(c3c(Cl)cnc4nc(-c5ccc(N(C)C)cc5)[nH]c34)CC2)n1. The Morgan fingerprint density at radius 1 is 1.17 bits per heavy atom. The van der Waals surface area contributed by atoms with Gasteiger partial charge in [0.05, 0.1) is 22.6 Å². The molecule has 1 aromatic carbocycles. The van der Waals surface area contributed by atoms with E-state index in [2.05, 4.69) is 59.2 Å². The molecule has 3 N–H and O–H groups in total. The first-order valence-electron chi connectivity index (χ1n) is 11.5. The lowest BCUT2D eigenvalue weighted by atomic mass is 10.2. The number of nitrogens with zero attached hydrogens (tertiary/aromatic N) is 6. The fourth-order valence-corrected chi connectivity index (χ4v) is 5.29. The Morgan fingerprint density at radius 2 is 1.91 bits per heavy atom. The molecule has 3 aromatic heterocycles. The lowest BCUT2D eigenvalue weighted by molar-refractivity contribution is 0.129. The molecule has 5 rings (SSSR count). The van der Waals surface area contributed by atoms with Gasteiger partial charge in [0.2, 0.25) is 0 Å². The van der Waals surface area contributed by atoms with E-state index in [1.807, 2.05) is 26.4 Å². The number of pyridine rings is 1. The molecule has 0 amide bonds. The van der Waals surface area contributed by atoms with Crippen LogP contribution >= 0.6 is 22.9 Å². The molecule has 1 fully saturated rings. The number of fused-ring (bicyclic) bond motifs is 1. The van der Waals surface area contributed by atoms with Crippen molar-refractivity contribution in [1.29, 1.82) is 0 Å². The summed E-state index contributed by atoms with van der Waals surface area (Å²) in [6, 6.07) is 8.25. The second-order valence-electron chi connectivity index (χ2n) is 8.92. The predicted molar refractivity (Wildman–Crippen MR) is 144 cm³/mol. The van der Waals surface area contributed by atoms with Crippen LogP contribution in [0.4, 0.5) is 16.5 Å². The number of thiazole rings is 1. The van der Waals surface area contributed by atoms with Crippen molar-refractivity contribution in [3.63, 3.8) is 0 Å². The number of aromatic amines is 1. The Labute approximate surface area is 213 Å². The predicted octanol–water partition coefficient (Wildman–Crippen LogP) is 3.66. The molecule has 1 aliphatic rings. The van der Waals surface area contributed by atoms with Crippen molar-refractivity contribution >= 4 is 50.6 Å². The topological polar surface area (TPSA) is 96.4 Å². The van der Waals surface area contributed by atoms with E-state index in [1.54, 1.807) is 6.20 Å². The highest BCUT2D eigenvalue weighted by molar-refractivity contribution is 7.13. The maximum absolute atomic E-state index is 10.4. The maximum atomic E-state index is 10.4. The summed E-state index contributed by atoms with van der Waals surface area (Å²) in [5.41, 5.74) is 5.50. The highest BCUT2D eigenvalue weighted by Gasteiger charge is 2.24.